The molecule has 1 unspecified atom stereocenters. The van der Waals surface area contributed by atoms with Gasteiger partial charge in [-0.3, -0.25) is 19.8 Å². The summed E-state index contributed by atoms with van der Waals surface area (Å²) in [5.41, 5.74) is 0.0781. The van der Waals surface area contributed by atoms with Crippen LogP contribution >= 0.6 is 11.8 Å². The summed E-state index contributed by atoms with van der Waals surface area (Å²) in [6.07, 6.45) is 2.16. The minimum absolute atomic E-state index is 0.169. The summed E-state index contributed by atoms with van der Waals surface area (Å²) in [7, 11) is 0. The number of nitro groups is 1. The Morgan fingerprint density at radius 3 is 2.89 bits per heavy atom. The molecule has 1 aliphatic heterocycles. The van der Waals surface area contributed by atoms with Crippen molar-refractivity contribution in [2.45, 2.75) is 35.6 Å². The van der Waals surface area contributed by atoms with E-state index in [1.165, 1.54) is 24.3 Å². The molecule has 0 radical (unpaired) electrons. The van der Waals surface area contributed by atoms with E-state index in [0.29, 0.717) is 22.4 Å². The maximum atomic E-state index is 13.4. The molecular formula is C20H22FN3O3S. The summed E-state index contributed by atoms with van der Waals surface area (Å²) < 4.78 is 13.4. The lowest BCUT2D eigenvalue weighted by Gasteiger charge is -2.22. The van der Waals surface area contributed by atoms with E-state index in [0.717, 1.165) is 37.7 Å². The quantitative estimate of drug-likeness (QED) is 0.556. The van der Waals surface area contributed by atoms with Crippen molar-refractivity contribution >= 4 is 23.4 Å². The Morgan fingerprint density at radius 1 is 1.36 bits per heavy atom. The van der Waals surface area contributed by atoms with Gasteiger partial charge in [0.2, 0.25) is 0 Å². The number of nitrogens with one attached hydrogen (secondary N) is 1. The van der Waals surface area contributed by atoms with Crippen molar-refractivity contribution in [3.8, 4) is 0 Å². The van der Waals surface area contributed by atoms with Crippen molar-refractivity contribution in [3.05, 3.63) is 64.0 Å². The predicted octanol–water partition coefficient (Wildman–Crippen LogP) is 4.10. The Morgan fingerprint density at radius 2 is 2.18 bits per heavy atom. The molecule has 1 amide bonds. The smallest absolute Gasteiger partial charge is 0.284 e. The van der Waals surface area contributed by atoms with Crippen LogP contribution in [0, 0.1) is 15.9 Å². The molecule has 28 heavy (non-hydrogen) atoms. The zero-order valence-electron chi connectivity index (χ0n) is 15.6. The summed E-state index contributed by atoms with van der Waals surface area (Å²) in [6.45, 7) is 4.60. The summed E-state index contributed by atoms with van der Waals surface area (Å²) in [5.74, 6) is -0.731. The Kier molecular flexibility index (Phi) is 6.64. The van der Waals surface area contributed by atoms with Crippen molar-refractivity contribution in [1.82, 2.24) is 10.2 Å². The molecule has 1 N–H and O–H groups in total. The van der Waals surface area contributed by atoms with Gasteiger partial charge in [0.25, 0.3) is 11.6 Å². The molecule has 1 atom stereocenters. The van der Waals surface area contributed by atoms with Crippen LogP contribution in [-0.4, -0.2) is 41.4 Å². The van der Waals surface area contributed by atoms with E-state index in [-0.39, 0.29) is 17.2 Å². The standard InChI is InChI=1S/C20H22FN3O3S/c1-2-23-10-4-6-16(23)13-22-20(25)14-8-9-19(18(11-14)24(26)27)28-17-7-3-5-15(21)12-17/h3,5,7-9,11-12,16H,2,4,6,10,13H2,1H3,(H,22,25). The van der Waals surface area contributed by atoms with E-state index in [9.17, 15) is 19.3 Å². The highest BCUT2D eigenvalue weighted by Crippen LogP contribution is 2.35. The van der Waals surface area contributed by atoms with Crippen molar-refractivity contribution < 1.29 is 14.1 Å². The van der Waals surface area contributed by atoms with Crippen LogP contribution < -0.4 is 5.32 Å². The molecule has 1 fully saturated rings. The van der Waals surface area contributed by atoms with Crippen molar-refractivity contribution in [3.63, 3.8) is 0 Å². The molecule has 0 saturated carbocycles. The number of hydrogen-bond donors (Lipinski definition) is 1. The Balaban J connectivity index is 1.72. The fraction of sp³-hybridized carbons (Fsp3) is 0.350. The lowest BCUT2D eigenvalue weighted by molar-refractivity contribution is -0.387. The molecule has 1 aliphatic rings. The van der Waals surface area contributed by atoms with Crippen molar-refractivity contribution in [2.24, 2.45) is 0 Å². The van der Waals surface area contributed by atoms with Crippen LogP contribution in [0.1, 0.15) is 30.1 Å². The molecular weight excluding hydrogens is 381 g/mol. The monoisotopic (exact) mass is 403 g/mol. The third-order valence-electron chi connectivity index (χ3n) is 4.85. The number of hydrogen-bond acceptors (Lipinski definition) is 5. The van der Waals surface area contributed by atoms with Crippen molar-refractivity contribution in [2.75, 3.05) is 19.6 Å². The van der Waals surface area contributed by atoms with Gasteiger partial charge in [0, 0.05) is 29.1 Å². The highest BCUT2D eigenvalue weighted by Gasteiger charge is 2.24. The summed E-state index contributed by atoms with van der Waals surface area (Å²) in [4.78, 5) is 26.7. The normalized spacial score (nSPS) is 16.9. The van der Waals surface area contributed by atoms with Gasteiger partial charge in [0.05, 0.1) is 9.82 Å². The largest absolute Gasteiger partial charge is 0.350 e. The Bertz CT molecular complexity index is 878. The van der Waals surface area contributed by atoms with Crippen LogP contribution in [0.4, 0.5) is 10.1 Å². The van der Waals surface area contributed by atoms with Gasteiger partial charge in [-0.05, 0) is 56.3 Å². The van der Waals surface area contributed by atoms with Crippen LogP contribution in [0.25, 0.3) is 0 Å². The number of amides is 1. The number of nitro benzene ring substituents is 1. The molecule has 1 heterocycles. The zero-order valence-corrected chi connectivity index (χ0v) is 16.4. The number of likely N-dealkylation sites (tertiary alicyclic amines) is 1. The number of likely N-dealkylation sites (N-methyl/N-ethyl adjacent to an activating group) is 1. The molecule has 8 heteroatoms. The summed E-state index contributed by atoms with van der Waals surface area (Å²) in [6, 6.07) is 10.6. The lowest BCUT2D eigenvalue weighted by atomic mass is 10.1. The molecule has 1 saturated heterocycles. The Hall–Kier alpha value is -2.45. The van der Waals surface area contributed by atoms with E-state index < -0.39 is 10.7 Å². The molecule has 0 aromatic heterocycles. The number of carbonyl (C=O) groups excluding carboxylic acids is 1. The lowest BCUT2D eigenvalue weighted by Crippen LogP contribution is -2.40. The maximum absolute atomic E-state index is 13.4. The number of nitrogens with zero attached hydrogens (tertiary/aromatic N) is 2. The van der Waals surface area contributed by atoms with Gasteiger partial charge >= 0.3 is 0 Å². The van der Waals surface area contributed by atoms with Gasteiger partial charge in [0.15, 0.2) is 0 Å². The van der Waals surface area contributed by atoms with Crippen LogP contribution in [0.5, 0.6) is 0 Å². The average molecular weight is 403 g/mol. The highest BCUT2D eigenvalue weighted by atomic mass is 32.2. The topological polar surface area (TPSA) is 75.5 Å². The van der Waals surface area contributed by atoms with Gasteiger partial charge in [0.1, 0.15) is 5.82 Å². The molecule has 0 aliphatic carbocycles. The van der Waals surface area contributed by atoms with Crippen molar-refractivity contribution in [1.29, 1.82) is 0 Å². The molecule has 0 spiro atoms. The first-order chi connectivity index (χ1) is 13.5. The molecule has 2 aromatic rings. The zero-order chi connectivity index (χ0) is 20.1. The van der Waals surface area contributed by atoms with Gasteiger partial charge in [-0.1, -0.05) is 24.8 Å². The predicted molar refractivity (Wildman–Crippen MR) is 106 cm³/mol. The van der Waals surface area contributed by atoms with Gasteiger partial charge in [-0.2, -0.15) is 0 Å². The molecule has 0 bridgehead atoms. The number of halogens is 1. The van der Waals surface area contributed by atoms with Crippen LogP contribution in [0.2, 0.25) is 0 Å². The van der Waals surface area contributed by atoms with Gasteiger partial charge < -0.3 is 5.32 Å². The summed E-state index contributed by atoms with van der Waals surface area (Å²) >= 11 is 1.09. The first-order valence-electron chi connectivity index (χ1n) is 9.22. The third kappa shape index (κ3) is 4.88. The van der Waals surface area contributed by atoms with E-state index in [4.69, 9.17) is 0 Å². The molecule has 3 rings (SSSR count). The van der Waals surface area contributed by atoms with Crippen LogP contribution in [0.15, 0.2) is 52.3 Å². The van der Waals surface area contributed by atoms with Gasteiger partial charge in [-0.15, -0.1) is 0 Å². The van der Waals surface area contributed by atoms with E-state index in [2.05, 4.69) is 17.1 Å². The highest BCUT2D eigenvalue weighted by molar-refractivity contribution is 7.99. The maximum Gasteiger partial charge on any atom is 0.284 e. The van der Waals surface area contributed by atoms with Crippen LogP contribution in [0.3, 0.4) is 0 Å². The van der Waals surface area contributed by atoms with Crippen LogP contribution in [-0.2, 0) is 0 Å². The summed E-state index contributed by atoms with van der Waals surface area (Å²) in [5, 5.41) is 14.4. The first kappa shape index (κ1) is 20.3. The third-order valence-corrected chi connectivity index (χ3v) is 5.90. The number of benzene rings is 2. The average Bonchev–Trinajstić information content (AvgIpc) is 3.14. The first-order valence-corrected chi connectivity index (χ1v) is 10.0. The SMILES string of the molecule is CCN1CCCC1CNC(=O)c1ccc(Sc2cccc(F)c2)c([N+](=O)[O-])c1. The number of rotatable bonds is 7. The van der Waals surface area contributed by atoms with E-state index in [1.807, 2.05) is 0 Å². The van der Waals surface area contributed by atoms with Gasteiger partial charge in [-0.25, -0.2) is 4.39 Å². The molecule has 6 nitrogen and oxygen atoms in total. The second kappa shape index (κ2) is 9.16. The van der Waals surface area contributed by atoms with E-state index in [1.54, 1.807) is 18.2 Å². The fourth-order valence-corrected chi connectivity index (χ4v) is 4.35. The second-order valence-corrected chi connectivity index (χ2v) is 7.75. The Labute approximate surface area is 167 Å². The minimum atomic E-state index is -0.520. The second-order valence-electron chi connectivity index (χ2n) is 6.63. The number of carbonyl (C=O) groups is 1. The molecule has 148 valence electrons. The molecule has 2 aromatic carbocycles. The van der Waals surface area contributed by atoms with E-state index >= 15 is 0 Å². The minimum Gasteiger partial charge on any atom is -0.350 e. The fourth-order valence-electron chi connectivity index (χ4n) is 3.40.